The number of allylic oxidation sites excluding steroid dienone is 1. The summed E-state index contributed by atoms with van der Waals surface area (Å²) in [7, 11) is -3.92. The summed E-state index contributed by atoms with van der Waals surface area (Å²) >= 11 is 0. The SMILES string of the molecule is CC(C)(C)OC(=O)N[C@H]1CCCCCC=C[C@@H]2C[C@@]2(C(=O)NS(=O)(=O)C2CC2)NC(=O)[C@@H]2C[C@@H](OC(=O)N3Cc4cccc(F)c4C3)CN2C1=O. The van der Waals surface area contributed by atoms with Gasteiger partial charge in [-0.3, -0.25) is 24.0 Å². The van der Waals surface area contributed by atoms with Crippen LogP contribution in [0.15, 0.2) is 30.4 Å². The molecule has 2 saturated carbocycles. The molecule has 6 rings (SSSR count). The van der Waals surface area contributed by atoms with Gasteiger partial charge in [0.25, 0.3) is 5.91 Å². The molecule has 0 unspecified atom stereocenters. The van der Waals surface area contributed by atoms with Gasteiger partial charge in [-0.2, -0.15) is 0 Å². The molecule has 3 aliphatic heterocycles. The molecule has 1 saturated heterocycles. The Bertz CT molecular complexity index is 1730. The van der Waals surface area contributed by atoms with Gasteiger partial charge in [-0.15, -0.1) is 0 Å². The highest BCUT2D eigenvalue weighted by atomic mass is 32.2. The van der Waals surface area contributed by atoms with Crippen LogP contribution in [-0.4, -0.2) is 89.2 Å². The maximum atomic E-state index is 14.4. The molecule has 3 fully saturated rings. The molecule has 0 bridgehead atoms. The summed E-state index contributed by atoms with van der Waals surface area (Å²) in [5.41, 5.74) is -1.36. The van der Waals surface area contributed by atoms with E-state index in [1.807, 2.05) is 12.2 Å². The predicted octanol–water partition coefficient (Wildman–Crippen LogP) is 3.14. The minimum absolute atomic E-state index is 0.00168. The van der Waals surface area contributed by atoms with Crippen LogP contribution >= 0.6 is 0 Å². The van der Waals surface area contributed by atoms with Gasteiger partial charge in [-0.1, -0.05) is 37.1 Å². The van der Waals surface area contributed by atoms with Crippen molar-refractivity contribution >= 4 is 39.9 Å². The van der Waals surface area contributed by atoms with Crippen LogP contribution in [0.3, 0.4) is 0 Å². The number of carbonyl (C=O) groups is 5. The minimum atomic E-state index is -3.92. The third-order valence-electron chi connectivity index (χ3n) is 9.99. The summed E-state index contributed by atoms with van der Waals surface area (Å²) in [4.78, 5) is 70.8. The summed E-state index contributed by atoms with van der Waals surface area (Å²) in [5, 5.41) is 4.79. The Labute approximate surface area is 296 Å². The van der Waals surface area contributed by atoms with E-state index in [4.69, 9.17) is 9.47 Å². The van der Waals surface area contributed by atoms with Crippen LogP contribution in [0.25, 0.3) is 0 Å². The lowest BCUT2D eigenvalue weighted by Gasteiger charge is -2.30. The van der Waals surface area contributed by atoms with Crippen LogP contribution in [0.4, 0.5) is 14.0 Å². The van der Waals surface area contributed by atoms with Crippen molar-refractivity contribution in [1.82, 2.24) is 25.2 Å². The fourth-order valence-electron chi connectivity index (χ4n) is 7.02. The molecule has 2 aliphatic carbocycles. The van der Waals surface area contributed by atoms with Crippen molar-refractivity contribution in [3.05, 3.63) is 47.3 Å². The molecule has 0 radical (unpaired) electrons. The molecule has 3 heterocycles. The van der Waals surface area contributed by atoms with Crippen LogP contribution in [-0.2, 0) is 47.0 Å². The molecule has 0 aromatic heterocycles. The number of amides is 5. The van der Waals surface area contributed by atoms with Gasteiger partial charge in [-0.05, 0) is 70.9 Å². The highest BCUT2D eigenvalue weighted by Crippen LogP contribution is 2.46. The van der Waals surface area contributed by atoms with E-state index in [0.29, 0.717) is 36.8 Å². The van der Waals surface area contributed by atoms with Crippen molar-refractivity contribution in [3.63, 3.8) is 0 Å². The van der Waals surface area contributed by atoms with Crippen molar-refractivity contribution in [2.45, 2.75) is 126 Å². The number of benzene rings is 1. The number of sulfonamides is 1. The van der Waals surface area contributed by atoms with Crippen molar-refractivity contribution < 1.29 is 46.3 Å². The van der Waals surface area contributed by atoms with Gasteiger partial charge in [-0.25, -0.2) is 22.4 Å². The molecule has 5 amide bonds. The molecule has 51 heavy (non-hydrogen) atoms. The highest BCUT2D eigenvalue weighted by Gasteiger charge is 2.62. The van der Waals surface area contributed by atoms with Gasteiger partial charge in [0.05, 0.1) is 18.3 Å². The molecular formula is C35H46FN5O9S. The second-order valence-electron chi connectivity index (χ2n) is 15.2. The normalized spacial score (nSPS) is 28.3. The number of ether oxygens (including phenoxy) is 2. The Morgan fingerprint density at radius 3 is 2.53 bits per heavy atom. The lowest BCUT2D eigenvalue weighted by Crippen LogP contribution is -2.58. The Morgan fingerprint density at radius 2 is 1.82 bits per heavy atom. The molecule has 14 nitrogen and oxygen atoms in total. The van der Waals surface area contributed by atoms with Gasteiger partial charge in [0.1, 0.15) is 35.1 Å². The second-order valence-corrected chi connectivity index (χ2v) is 17.2. The smallest absolute Gasteiger partial charge is 0.410 e. The first kappa shape index (κ1) is 36.6. The second kappa shape index (κ2) is 14.1. The minimum Gasteiger partial charge on any atom is -0.444 e. The van der Waals surface area contributed by atoms with Gasteiger partial charge >= 0.3 is 12.2 Å². The maximum absolute atomic E-state index is 14.4. The summed E-state index contributed by atoms with van der Waals surface area (Å²) in [6, 6.07) is 2.30. The average Bonchev–Trinajstić information content (AvgIpc) is 3.93. The Balaban J connectivity index is 1.25. The standard InChI is InChI=1S/C35H46FN5O9S/c1-34(2,3)50-32(45)37-27-13-8-6-4-5-7-11-22-17-35(22,31(44)39-51(47,48)24-14-15-24)38-29(42)28-16-23(19-41(28)30(27)43)49-33(46)40-18-21-10-9-12-26(36)25(21)20-40/h7,9-12,22-24,27-28H,4-6,8,13-20H2,1-3H3,(H,37,45)(H,38,42)(H,39,44)/t22-,23-,27+,28+,35-/m1/s1. The van der Waals surface area contributed by atoms with E-state index in [0.717, 1.165) is 12.8 Å². The number of halogens is 1. The number of hydrogen-bond acceptors (Lipinski definition) is 9. The van der Waals surface area contributed by atoms with Crippen molar-refractivity contribution in [2.24, 2.45) is 5.92 Å². The molecule has 5 aliphatic rings. The van der Waals surface area contributed by atoms with E-state index >= 15 is 0 Å². The number of nitrogens with one attached hydrogen (secondary N) is 3. The monoisotopic (exact) mass is 731 g/mol. The topological polar surface area (TPSA) is 181 Å². The molecule has 1 aromatic rings. The number of fused-ring (bicyclic) bond motifs is 3. The van der Waals surface area contributed by atoms with E-state index < -0.39 is 86.2 Å². The Morgan fingerprint density at radius 1 is 1.06 bits per heavy atom. The van der Waals surface area contributed by atoms with Crippen molar-refractivity contribution in [1.29, 1.82) is 0 Å². The Hall–Kier alpha value is -4.21. The fraction of sp³-hybridized carbons (Fsp3) is 0.629. The zero-order valence-electron chi connectivity index (χ0n) is 29.1. The van der Waals surface area contributed by atoms with E-state index in [-0.39, 0.29) is 38.9 Å². The first-order chi connectivity index (χ1) is 24.1. The summed E-state index contributed by atoms with van der Waals surface area (Å²) in [5.74, 6) is -3.06. The van der Waals surface area contributed by atoms with Crippen molar-refractivity contribution in [3.8, 4) is 0 Å². The maximum Gasteiger partial charge on any atom is 0.410 e. The number of alkyl carbamates (subject to hydrolysis) is 1. The summed E-state index contributed by atoms with van der Waals surface area (Å²) < 4.78 is 53.3. The fourth-order valence-corrected chi connectivity index (χ4v) is 8.39. The molecular weight excluding hydrogens is 685 g/mol. The zero-order chi connectivity index (χ0) is 36.7. The van der Waals surface area contributed by atoms with E-state index in [9.17, 15) is 36.8 Å². The lowest BCUT2D eigenvalue weighted by molar-refractivity contribution is -0.141. The quantitative estimate of drug-likeness (QED) is 0.384. The predicted molar refractivity (Wildman–Crippen MR) is 180 cm³/mol. The zero-order valence-corrected chi connectivity index (χ0v) is 29.9. The molecule has 5 atom stereocenters. The summed E-state index contributed by atoms with van der Waals surface area (Å²) in [6.45, 7) is 5.01. The molecule has 1 aromatic carbocycles. The Kier molecular flexibility index (Phi) is 10.1. The van der Waals surface area contributed by atoms with Gasteiger partial charge in [0.2, 0.25) is 21.8 Å². The first-order valence-corrected chi connectivity index (χ1v) is 19.2. The molecule has 0 spiro atoms. The third kappa shape index (κ3) is 8.31. The average molecular weight is 732 g/mol. The third-order valence-corrected chi connectivity index (χ3v) is 11.8. The number of nitrogens with zero attached hydrogens (tertiary/aromatic N) is 2. The first-order valence-electron chi connectivity index (χ1n) is 17.6. The van der Waals surface area contributed by atoms with E-state index in [1.165, 1.54) is 15.9 Å². The van der Waals surface area contributed by atoms with E-state index in [1.54, 1.807) is 32.9 Å². The number of hydrogen-bond donors (Lipinski definition) is 3. The largest absolute Gasteiger partial charge is 0.444 e. The van der Waals surface area contributed by atoms with Gasteiger partial charge in [0.15, 0.2) is 0 Å². The van der Waals surface area contributed by atoms with Crippen LogP contribution in [0, 0.1) is 11.7 Å². The molecule has 16 heteroatoms. The van der Waals surface area contributed by atoms with Crippen LogP contribution in [0.2, 0.25) is 0 Å². The summed E-state index contributed by atoms with van der Waals surface area (Å²) in [6.07, 6.45) is 5.10. The van der Waals surface area contributed by atoms with Crippen LogP contribution in [0.5, 0.6) is 0 Å². The molecule has 3 N–H and O–H groups in total. The van der Waals surface area contributed by atoms with E-state index in [2.05, 4.69) is 15.4 Å². The van der Waals surface area contributed by atoms with Gasteiger partial charge < -0.3 is 25.0 Å². The van der Waals surface area contributed by atoms with Crippen molar-refractivity contribution in [2.75, 3.05) is 6.54 Å². The highest BCUT2D eigenvalue weighted by molar-refractivity contribution is 7.91. The number of rotatable bonds is 5. The number of carbonyl (C=O) groups excluding carboxylic acids is 5. The molecule has 278 valence electrons. The van der Waals surface area contributed by atoms with Crippen LogP contribution < -0.4 is 15.4 Å². The lowest BCUT2D eigenvalue weighted by atomic mass is 10.0. The van der Waals surface area contributed by atoms with Gasteiger partial charge in [0, 0.05) is 24.4 Å². The van der Waals surface area contributed by atoms with Crippen LogP contribution in [0.1, 0.15) is 89.7 Å².